The second-order valence-electron chi connectivity index (χ2n) is 6.76. The number of β-lactam (4-membered cyclic amide) rings is 1. The van der Waals surface area contributed by atoms with Gasteiger partial charge in [-0.3, -0.25) is 4.79 Å². The molecule has 2 atom stereocenters. The Hall–Kier alpha value is -1.14. The quantitative estimate of drug-likeness (QED) is 0.646. The highest BCUT2D eigenvalue weighted by atomic mass is 28.4. The van der Waals surface area contributed by atoms with E-state index in [0.29, 0.717) is 16.6 Å². The fraction of sp³-hybridized carbons (Fsp3) is 0.733. The number of carbonyl (C=O) groups is 1. The molecule has 1 aliphatic heterocycles. The average molecular weight is 310 g/mol. The van der Waals surface area contributed by atoms with Crippen LogP contribution in [0.4, 0.5) is 0 Å². The lowest BCUT2D eigenvalue weighted by Crippen LogP contribution is -2.63. The highest BCUT2D eigenvalue weighted by molar-refractivity contribution is 6.77. The molecule has 1 fully saturated rings. The van der Waals surface area contributed by atoms with Gasteiger partial charge in [-0.1, -0.05) is 41.5 Å². The predicted molar refractivity (Wildman–Crippen MR) is 83.3 cm³/mol. The zero-order valence-corrected chi connectivity index (χ0v) is 14.7. The number of rotatable bonds is 6. The van der Waals surface area contributed by atoms with Crippen LogP contribution in [0.1, 0.15) is 53.3 Å². The Labute approximate surface area is 127 Å². The van der Waals surface area contributed by atoms with E-state index in [9.17, 15) is 4.79 Å². The molecule has 1 aromatic heterocycles. The molecule has 6 heteroatoms. The van der Waals surface area contributed by atoms with Crippen molar-refractivity contribution < 1.29 is 13.6 Å². The van der Waals surface area contributed by atoms with Crippen LogP contribution in [0, 0.1) is 0 Å². The van der Waals surface area contributed by atoms with Crippen molar-refractivity contribution >= 4 is 14.2 Å². The van der Waals surface area contributed by atoms with Gasteiger partial charge in [0.1, 0.15) is 18.0 Å². The first kappa shape index (κ1) is 16.2. The van der Waals surface area contributed by atoms with Crippen LogP contribution in [-0.4, -0.2) is 25.3 Å². The maximum Gasteiger partial charge on any atom is 0.251 e. The molecule has 0 spiro atoms. The van der Waals surface area contributed by atoms with Gasteiger partial charge >= 0.3 is 0 Å². The molecule has 2 heterocycles. The summed E-state index contributed by atoms with van der Waals surface area (Å²) in [6.07, 6.45) is 2.52. The van der Waals surface area contributed by atoms with Gasteiger partial charge in [0, 0.05) is 0 Å². The summed E-state index contributed by atoms with van der Waals surface area (Å²) in [4.78, 5) is 16.2. The second-order valence-corrected chi connectivity index (χ2v) is 12.2. The number of hydrogen-bond acceptors (Lipinski definition) is 4. The van der Waals surface area contributed by atoms with E-state index in [1.165, 1.54) is 6.39 Å². The lowest BCUT2D eigenvalue weighted by Gasteiger charge is -2.48. The van der Waals surface area contributed by atoms with Crippen molar-refractivity contribution in [1.29, 1.82) is 0 Å². The Morgan fingerprint density at radius 2 is 1.76 bits per heavy atom. The van der Waals surface area contributed by atoms with E-state index in [-0.39, 0.29) is 11.9 Å². The van der Waals surface area contributed by atoms with E-state index in [1.54, 1.807) is 6.26 Å². The molecule has 0 aliphatic carbocycles. The molecule has 1 saturated heterocycles. The number of oxazole rings is 1. The SMILES string of the molecule is CC(C)[Si](O[C@H]1C(=O)N[C@H]1c1cocn1)(C(C)C)C(C)C. The largest absolute Gasteiger partial charge is 0.451 e. The predicted octanol–water partition coefficient (Wildman–Crippen LogP) is 3.41. The Kier molecular flexibility index (Phi) is 4.58. The first-order valence-corrected chi connectivity index (χ1v) is 9.81. The standard InChI is InChI=1S/C15H26N2O3Si/c1-9(2)21(10(3)4,11(5)6)20-14-13(17-15(14)18)12-7-19-8-16-12/h7-11,13-14H,1-6H3,(H,17,18)/t13-,14+/m0/s1. The molecule has 0 unspecified atom stereocenters. The van der Waals surface area contributed by atoms with Crippen molar-refractivity contribution in [2.24, 2.45) is 0 Å². The zero-order valence-electron chi connectivity index (χ0n) is 13.7. The maximum atomic E-state index is 12.0. The number of amides is 1. The summed E-state index contributed by atoms with van der Waals surface area (Å²) in [5, 5.41) is 2.87. The number of hydrogen-bond donors (Lipinski definition) is 1. The molecule has 0 radical (unpaired) electrons. The number of aromatic nitrogens is 1. The van der Waals surface area contributed by atoms with Gasteiger partial charge in [-0.05, 0) is 16.6 Å². The first-order valence-electron chi connectivity index (χ1n) is 7.67. The summed E-state index contributed by atoms with van der Waals surface area (Å²) < 4.78 is 11.6. The first-order chi connectivity index (χ1) is 9.80. The average Bonchev–Trinajstić information content (AvgIpc) is 2.88. The Morgan fingerprint density at radius 1 is 1.19 bits per heavy atom. The summed E-state index contributed by atoms with van der Waals surface area (Å²) in [5.41, 5.74) is 2.08. The molecule has 1 aromatic rings. The molecule has 1 amide bonds. The van der Waals surface area contributed by atoms with Crippen LogP contribution in [0.3, 0.4) is 0 Å². The van der Waals surface area contributed by atoms with Gasteiger partial charge in [0.2, 0.25) is 8.32 Å². The van der Waals surface area contributed by atoms with E-state index in [2.05, 4.69) is 51.8 Å². The smallest absolute Gasteiger partial charge is 0.251 e. The van der Waals surface area contributed by atoms with Crippen LogP contribution >= 0.6 is 0 Å². The normalized spacial score (nSPS) is 22.8. The zero-order chi connectivity index (χ0) is 15.8. The van der Waals surface area contributed by atoms with Crippen LogP contribution in [0.25, 0.3) is 0 Å². The third kappa shape index (κ3) is 2.66. The van der Waals surface area contributed by atoms with E-state index in [1.807, 2.05) is 0 Å². The molecular formula is C15H26N2O3Si. The summed E-state index contributed by atoms with van der Waals surface area (Å²) in [7, 11) is -2.08. The minimum absolute atomic E-state index is 0.0400. The van der Waals surface area contributed by atoms with Crippen LogP contribution in [0.15, 0.2) is 17.1 Å². The van der Waals surface area contributed by atoms with Gasteiger partial charge in [0.25, 0.3) is 5.91 Å². The number of carbonyl (C=O) groups excluding carboxylic acids is 1. The minimum Gasteiger partial charge on any atom is -0.451 e. The molecule has 5 nitrogen and oxygen atoms in total. The molecular weight excluding hydrogens is 284 g/mol. The van der Waals surface area contributed by atoms with Crippen molar-refractivity contribution in [3.05, 3.63) is 18.4 Å². The third-order valence-electron chi connectivity index (χ3n) is 4.67. The van der Waals surface area contributed by atoms with Crippen molar-refractivity contribution in [3.63, 3.8) is 0 Å². The molecule has 0 aromatic carbocycles. The van der Waals surface area contributed by atoms with Crippen molar-refractivity contribution in [2.75, 3.05) is 0 Å². The fourth-order valence-electron chi connectivity index (χ4n) is 3.72. The van der Waals surface area contributed by atoms with E-state index in [4.69, 9.17) is 8.84 Å². The molecule has 21 heavy (non-hydrogen) atoms. The van der Waals surface area contributed by atoms with Crippen molar-refractivity contribution in [2.45, 2.75) is 70.3 Å². The highest BCUT2D eigenvalue weighted by Gasteiger charge is 2.53. The molecule has 2 rings (SSSR count). The van der Waals surface area contributed by atoms with Crippen molar-refractivity contribution in [1.82, 2.24) is 10.3 Å². The Morgan fingerprint density at radius 3 is 2.14 bits per heavy atom. The van der Waals surface area contributed by atoms with Gasteiger partial charge in [-0.2, -0.15) is 0 Å². The lowest BCUT2D eigenvalue weighted by molar-refractivity contribution is -0.141. The lowest BCUT2D eigenvalue weighted by atomic mass is 10.00. The minimum atomic E-state index is -2.08. The maximum absolute atomic E-state index is 12.0. The van der Waals surface area contributed by atoms with Gasteiger partial charge in [0.05, 0.1) is 0 Å². The summed E-state index contributed by atoms with van der Waals surface area (Å²) >= 11 is 0. The van der Waals surface area contributed by atoms with E-state index >= 15 is 0 Å². The molecule has 0 bridgehead atoms. The van der Waals surface area contributed by atoms with Crippen LogP contribution in [0.2, 0.25) is 16.6 Å². The summed E-state index contributed by atoms with van der Waals surface area (Å²) in [6.45, 7) is 13.3. The molecule has 1 N–H and O–H groups in total. The summed E-state index contributed by atoms with van der Waals surface area (Å²) in [5.74, 6) is -0.0400. The Bertz CT molecular complexity index is 463. The fourth-order valence-corrected chi connectivity index (χ4v) is 9.22. The van der Waals surface area contributed by atoms with Gasteiger partial charge in [-0.25, -0.2) is 4.98 Å². The monoisotopic (exact) mass is 310 g/mol. The number of nitrogens with zero attached hydrogens (tertiary/aromatic N) is 1. The van der Waals surface area contributed by atoms with Crippen LogP contribution in [0.5, 0.6) is 0 Å². The number of nitrogens with one attached hydrogen (secondary N) is 1. The second kappa shape index (κ2) is 5.92. The highest BCUT2D eigenvalue weighted by Crippen LogP contribution is 2.45. The van der Waals surface area contributed by atoms with Gasteiger partial charge < -0.3 is 14.2 Å². The van der Waals surface area contributed by atoms with E-state index < -0.39 is 14.4 Å². The van der Waals surface area contributed by atoms with Gasteiger partial charge in [-0.15, -0.1) is 0 Å². The summed E-state index contributed by atoms with van der Waals surface area (Å²) in [6, 6.07) is -0.181. The molecule has 118 valence electrons. The molecule has 1 aliphatic rings. The van der Waals surface area contributed by atoms with Crippen LogP contribution in [-0.2, 0) is 9.22 Å². The third-order valence-corrected chi connectivity index (χ3v) is 10.7. The molecule has 0 saturated carbocycles. The van der Waals surface area contributed by atoms with Crippen LogP contribution < -0.4 is 5.32 Å². The Balaban J connectivity index is 2.25. The van der Waals surface area contributed by atoms with Crippen molar-refractivity contribution in [3.8, 4) is 0 Å². The topological polar surface area (TPSA) is 64.4 Å². The van der Waals surface area contributed by atoms with E-state index in [0.717, 1.165) is 5.69 Å². The van der Waals surface area contributed by atoms with Gasteiger partial charge in [0.15, 0.2) is 12.5 Å².